The Morgan fingerprint density at radius 3 is 2.67 bits per heavy atom. The van der Waals surface area contributed by atoms with Gasteiger partial charge in [0.1, 0.15) is 5.82 Å². The van der Waals surface area contributed by atoms with Gasteiger partial charge in [0.2, 0.25) is 0 Å². The summed E-state index contributed by atoms with van der Waals surface area (Å²) in [7, 11) is 0. The van der Waals surface area contributed by atoms with Crippen LogP contribution < -0.4 is 5.73 Å². The van der Waals surface area contributed by atoms with Gasteiger partial charge in [-0.1, -0.05) is 23.2 Å². The van der Waals surface area contributed by atoms with Gasteiger partial charge in [-0.05, 0) is 46.8 Å². The van der Waals surface area contributed by atoms with E-state index in [1.54, 1.807) is 24.3 Å². The van der Waals surface area contributed by atoms with Gasteiger partial charge in [-0.3, -0.25) is 0 Å². The predicted octanol–water partition coefficient (Wildman–Crippen LogP) is 3.36. The number of rotatable bonds is 2. The van der Waals surface area contributed by atoms with Crippen molar-refractivity contribution in [2.24, 2.45) is 0 Å². The van der Waals surface area contributed by atoms with E-state index >= 15 is 0 Å². The lowest BCUT2D eigenvalue weighted by atomic mass is 10.2. The summed E-state index contributed by atoms with van der Waals surface area (Å²) in [6, 6.07) is 9.13. The van der Waals surface area contributed by atoms with Crippen molar-refractivity contribution >= 4 is 28.9 Å². The van der Waals surface area contributed by atoms with Gasteiger partial charge in [0.05, 0.1) is 16.3 Å². The van der Waals surface area contributed by atoms with E-state index in [1.165, 1.54) is 16.8 Å². The summed E-state index contributed by atoms with van der Waals surface area (Å²) in [6.45, 7) is 0. The molecule has 0 amide bonds. The first-order valence-corrected chi connectivity index (χ1v) is 6.61. The van der Waals surface area contributed by atoms with Crippen molar-refractivity contribution in [2.45, 2.75) is 0 Å². The molecular weight excluding hydrogens is 316 g/mol. The molecule has 106 valence electrons. The van der Waals surface area contributed by atoms with E-state index in [0.29, 0.717) is 21.4 Å². The SMILES string of the molecule is Nc1ccc(-c2nnnn2-c2cc(Cl)ccc2Cl)c(F)c1. The second kappa shape index (κ2) is 5.31. The van der Waals surface area contributed by atoms with Crippen molar-refractivity contribution in [3.8, 4) is 17.1 Å². The third-order valence-electron chi connectivity index (χ3n) is 2.84. The Kier molecular flexibility index (Phi) is 3.48. The molecule has 0 aliphatic heterocycles. The molecule has 2 aromatic carbocycles. The first-order valence-electron chi connectivity index (χ1n) is 5.85. The molecule has 1 aromatic heterocycles. The molecule has 5 nitrogen and oxygen atoms in total. The van der Waals surface area contributed by atoms with Crippen molar-refractivity contribution in [2.75, 3.05) is 5.73 Å². The summed E-state index contributed by atoms with van der Waals surface area (Å²) < 4.78 is 15.4. The van der Waals surface area contributed by atoms with Gasteiger partial charge in [-0.2, -0.15) is 4.68 Å². The highest BCUT2D eigenvalue weighted by molar-refractivity contribution is 6.34. The lowest BCUT2D eigenvalue weighted by Gasteiger charge is -2.08. The Morgan fingerprint density at radius 1 is 1.10 bits per heavy atom. The van der Waals surface area contributed by atoms with Crippen LogP contribution in [0.4, 0.5) is 10.1 Å². The number of hydrogen-bond donors (Lipinski definition) is 1. The van der Waals surface area contributed by atoms with Gasteiger partial charge in [0.15, 0.2) is 5.82 Å². The maximum Gasteiger partial charge on any atom is 0.190 e. The van der Waals surface area contributed by atoms with Crippen LogP contribution in [0, 0.1) is 5.82 Å². The number of aromatic nitrogens is 4. The lowest BCUT2D eigenvalue weighted by molar-refractivity contribution is 0.629. The summed E-state index contributed by atoms with van der Waals surface area (Å²) in [4.78, 5) is 0. The van der Waals surface area contributed by atoms with Crippen LogP contribution in [0.3, 0.4) is 0 Å². The van der Waals surface area contributed by atoms with Crippen molar-refractivity contribution in [3.05, 3.63) is 52.3 Å². The zero-order valence-electron chi connectivity index (χ0n) is 10.5. The van der Waals surface area contributed by atoms with Crippen LogP contribution in [0.15, 0.2) is 36.4 Å². The molecule has 0 aliphatic rings. The second-order valence-electron chi connectivity index (χ2n) is 4.25. The highest BCUT2D eigenvalue weighted by atomic mass is 35.5. The minimum absolute atomic E-state index is 0.205. The number of nitrogens with zero attached hydrogens (tertiary/aromatic N) is 4. The van der Waals surface area contributed by atoms with Crippen molar-refractivity contribution in [3.63, 3.8) is 0 Å². The Morgan fingerprint density at radius 2 is 1.90 bits per heavy atom. The van der Waals surface area contributed by atoms with Gasteiger partial charge in [0.25, 0.3) is 0 Å². The highest BCUT2D eigenvalue weighted by Crippen LogP contribution is 2.28. The molecule has 0 saturated carbocycles. The van der Waals surface area contributed by atoms with Gasteiger partial charge in [-0.25, -0.2) is 4.39 Å². The lowest BCUT2D eigenvalue weighted by Crippen LogP contribution is -2.02. The Bertz CT molecular complexity index is 818. The molecule has 21 heavy (non-hydrogen) atoms. The maximum atomic E-state index is 14.0. The van der Waals surface area contributed by atoms with Gasteiger partial charge >= 0.3 is 0 Å². The largest absolute Gasteiger partial charge is 0.399 e. The van der Waals surface area contributed by atoms with Crippen LogP contribution in [0.2, 0.25) is 10.0 Å². The smallest absolute Gasteiger partial charge is 0.190 e. The number of anilines is 1. The van der Waals surface area contributed by atoms with E-state index in [4.69, 9.17) is 28.9 Å². The molecule has 3 rings (SSSR count). The van der Waals surface area contributed by atoms with E-state index in [-0.39, 0.29) is 11.4 Å². The molecule has 0 aliphatic carbocycles. The summed E-state index contributed by atoms with van der Waals surface area (Å²) in [5.41, 5.74) is 6.52. The zero-order chi connectivity index (χ0) is 15.0. The van der Waals surface area contributed by atoms with E-state index in [0.717, 1.165) is 0 Å². The minimum Gasteiger partial charge on any atom is -0.399 e. The summed E-state index contributed by atoms with van der Waals surface area (Å²) in [5.74, 6) is -0.319. The highest BCUT2D eigenvalue weighted by Gasteiger charge is 2.17. The molecule has 1 heterocycles. The number of nitrogen functional groups attached to an aromatic ring is 1. The third kappa shape index (κ3) is 2.55. The summed E-state index contributed by atoms with van der Waals surface area (Å²) in [5, 5.41) is 12.1. The van der Waals surface area contributed by atoms with Crippen LogP contribution >= 0.6 is 23.2 Å². The van der Waals surface area contributed by atoms with Crippen molar-refractivity contribution < 1.29 is 4.39 Å². The van der Waals surface area contributed by atoms with E-state index < -0.39 is 5.82 Å². The predicted molar refractivity (Wildman–Crippen MR) is 79.0 cm³/mol. The maximum absolute atomic E-state index is 14.0. The normalized spacial score (nSPS) is 10.8. The van der Waals surface area contributed by atoms with Crippen LogP contribution in [-0.4, -0.2) is 20.2 Å². The van der Waals surface area contributed by atoms with Crippen LogP contribution in [0.1, 0.15) is 0 Å². The second-order valence-corrected chi connectivity index (χ2v) is 5.09. The summed E-state index contributed by atoms with van der Waals surface area (Å²) >= 11 is 12.1. The van der Waals surface area contributed by atoms with Crippen LogP contribution in [0.5, 0.6) is 0 Å². The summed E-state index contributed by atoms with van der Waals surface area (Å²) in [6.07, 6.45) is 0. The van der Waals surface area contributed by atoms with E-state index in [2.05, 4.69) is 15.5 Å². The fraction of sp³-hybridized carbons (Fsp3) is 0. The number of tetrazole rings is 1. The first kappa shape index (κ1) is 13.8. The van der Waals surface area contributed by atoms with Crippen LogP contribution in [0.25, 0.3) is 17.1 Å². The standard InChI is InChI=1S/C13H8Cl2FN5/c14-7-1-4-10(15)12(5-7)21-13(18-19-20-21)9-3-2-8(17)6-11(9)16/h1-6H,17H2. The fourth-order valence-electron chi connectivity index (χ4n) is 1.88. The van der Waals surface area contributed by atoms with Gasteiger partial charge in [-0.15, -0.1) is 5.10 Å². The van der Waals surface area contributed by atoms with Crippen molar-refractivity contribution in [1.82, 2.24) is 20.2 Å². The molecule has 0 saturated heterocycles. The van der Waals surface area contributed by atoms with Gasteiger partial charge in [0, 0.05) is 10.7 Å². The Balaban J connectivity index is 2.19. The molecule has 0 radical (unpaired) electrons. The molecule has 0 unspecified atom stereocenters. The molecule has 0 bridgehead atoms. The van der Waals surface area contributed by atoms with Gasteiger partial charge < -0.3 is 5.73 Å². The number of halogens is 3. The topological polar surface area (TPSA) is 69.6 Å². The third-order valence-corrected chi connectivity index (χ3v) is 3.39. The monoisotopic (exact) mass is 323 g/mol. The average Bonchev–Trinajstić information content (AvgIpc) is 2.90. The van der Waals surface area contributed by atoms with Crippen molar-refractivity contribution in [1.29, 1.82) is 0 Å². The fourth-order valence-corrected chi connectivity index (χ4v) is 2.24. The molecule has 0 atom stereocenters. The molecule has 2 N–H and O–H groups in total. The first-order chi connectivity index (χ1) is 10.1. The molecule has 0 spiro atoms. The Hall–Kier alpha value is -2.18. The zero-order valence-corrected chi connectivity index (χ0v) is 12.0. The quantitative estimate of drug-likeness (QED) is 0.734. The molecular formula is C13H8Cl2FN5. The average molecular weight is 324 g/mol. The van der Waals surface area contributed by atoms with E-state index in [9.17, 15) is 4.39 Å². The molecule has 8 heteroatoms. The molecule has 3 aromatic rings. The Labute approximate surface area is 129 Å². The number of hydrogen-bond acceptors (Lipinski definition) is 4. The van der Waals surface area contributed by atoms with Crippen LogP contribution in [-0.2, 0) is 0 Å². The number of benzene rings is 2. The molecule has 0 fully saturated rings. The minimum atomic E-state index is -0.524. The number of nitrogens with two attached hydrogens (primary N) is 1. The van der Waals surface area contributed by atoms with E-state index in [1.807, 2.05) is 0 Å².